The van der Waals surface area contributed by atoms with Gasteiger partial charge in [-0.15, -0.1) is 0 Å². The van der Waals surface area contributed by atoms with E-state index in [0.717, 1.165) is 12.8 Å². The molecular formula is C22H28N2O4. The van der Waals surface area contributed by atoms with Crippen molar-refractivity contribution in [3.8, 4) is 5.75 Å². The minimum absolute atomic E-state index is 0.152. The predicted octanol–water partition coefficient (Wildman–Crippen LogP) is 3.42. The van der Waals surface area contributed by atoms with Crippen molar-refractivity contribution >= 4 is 17.5 Å². The average Bonchev–Trinajstić information content (AvgIpc) is 2.72. The number of ether oxygens (including phenoxy) is 2. The van der Waals surface area contributed by atoms with Crippen molar-refractivity contribution in [3.63, 3.8) is 0 Å². The molecule has 1 unspecified atom stereocenters. The highest BCUT2D eigenvalue weighted by Gasteiger charge is 2.15. The molecule has 0 saturated heterocycles. The second-order valence-corrected chi connectivity index (χ2v) is 6.43. The van der Waals surface area contributed by atoms with Gasteiger partial charge in [0.05, 0.1) is 0 Å². The molecule has 0 aliphatic carbocycles. The van der Waals surface area contributed by atoms with Gasteiger partial charge in [0.15, 0.2) is 6.10 Å². The van der Waals surface area contributed by atoms with E-state index in [0.29, 0.717) is 30.2 Å². The van der Waals surface area contributed by atoms with Crippen LogP contribution in [0.1, 0.15) is 36.2 Å². The van der Waals surface area contributed by atoms with Gasteiger partial charge >= 0.3 is 0 Å². The lowest BCUT2D eigenvalue weighted by atomic mass is 10.2. The molecule has 0 spiro atoms. The Morgan fingerprint density at radius 1 is 1.04 bits per heavy atom. The molecule has 28 heavy (non-hydrogen) atoms. The average molecular weight is 384 g/mol. The molecule has 0 radical (unpaired) electrons. The molecule has 2 aromatic carbocycles. The molecule has 0 fully saturated rings. The molecule has 0 aliphatic heterocycles. The van der Waals surface area contributed by atoms with Gasteiger partial charge in [0.25, 0.3) is 11.8 Å². The monoisotopic (exact) mass is 384 g/mol. The van der Waals surface area contributed by atoms with E-state index in [1.807, 2.05) is 24.3 Å². The van der Waals surface area contributed by atoms with Crippen LogP contribution < -0.4 is 15.4 Å². The van der Waals surface area contributed by atoms with Gasteiger partial charge in [-0.05, 0) is 61.7 Å². The van der Waals surface area contributed by atoms with Crippen molar-refractivity contribution in [3.05, 3.63) is 59.7 Å². The second kappa shape index (κ2) is 11.1. The molecule has 2 amide bonds. The van der Waals surface area contributed by atoms with Crippen LogP contribution in [0, 0.1) is 0 Å². The van der Waals surface area contributed by atoms with E-state index in [-0.39, 0.29) is 11.8 Å². The summed E-state index contributed by atoms with van der Waals surface area (Å²) < 4.78 is 10.6. The number of carbonyl (C=O) groups is 2. The van der Waals surface area contributed by atoms with Gasteiger partial charge in [-0.1, -0.05) is 19.1 Å². The van der Waals surface area contributed by atoms with Gasteiger partial charge in [-0.2, -0.15) is 0 Å². The van der Waals surface area contributed by atoms with Crippen LogP contribution in [0.4, 0.5) is 5.69 Å². The first-order valence-electron chi connectivity index (χ1n) is 9.47. The third kappa shape index (κ3) is 6.70. The zero-order chi connectivity index (χ0) is 20.4. The number of carbonyl (C=O) groups excluding carboxylic acids is 2. The third-order valence-electron chi connectivity index (χ3n) is 4.24. The number of methoxy groups -OCH3 is 1. The third-order valence-corrected chi connectivity index (χ3v) is 4.24. The number of nitrogens with one attached hydrogen (secondary N) is 2. The number of rotatable bonds is 10. The van der Waals surface area contributed by atoms with E-state index in [2.05, 4.69) is 17.6 Å². The van der Waals surface area contributed by atoms with Gasteiger partial charge in [-0.3, -0.25) is 9.59 Å². The quantitative estimate of drug-likeness (QED) is 0.616. The van der Waals surface area contributed by atoms with E-state index in [4.69, 9.17) is 9.47 Å². The minimum atomic E-state index is -0.642. The number of benzene rings is 2. The van der Waals surface area contributed by atoms with Gasteiger partial charge in [0, 0.05) is 31.5 Å². The van der Waals surface area contributed by atoms with Crippen molar-refractivity contribution in [2.24, 2.45) is 0 Å². The van der Waals surface area contributed by atoms with E-state index in [1.54, 1.807) is 38.3 Å². The maximum Gasteiger partial charge on any atom is 0.265 e. The molecular weight excluding hydrogens is 356 g/mol. The standard InChI is InChI=1S/C22H28N2O4/c1-4-17-6-12-20(13-7-17)28-16(2)21(25)24-19-10-8-18(9-11-19)22(26)23-14-5-15-27-3/h6-13,16H,4-5,14-15H2,1-3H3,(H,23,26)(H,24,25). The predicted molar refractivity (Wildman–Crippen MR) is 110 cm³/mol. The normalized spacial score (nSPS) is 11.5. The van der Waals surface area contributed by atoms with Crippen molar-refractivity contribution in [2.75, 3.05) is 25.6 Å². The van der Waals surface area contributed by atoms with E-state index in [1.165, 1.54) is 5.56 Å². The fraction of sp³-hybridized carbons (Fsp3) is 0.364. The van der Waals surface area contributed by atoms with Crippen molar-refractivity contribution in [1.82, 2.24) is 5.32 Å². The van der Waals surface area contributed by atoms with E-state index >= 15 is 0 Å². The Balaban J connectivity index is 1.84. The highest BCUT2D eigenvalue weighted by Crippen LogP contribution is 2.16. The Morgan fingerprint density at radius 2 is 1.71 bits per heavy atom. The SMILES string of the molecule is CCc1ccc(OC(C)C(=O)Nc2ccc(C(=O)NCCCOC)cc2)cc1. The molecule has 150 valence electrons. The van der Waals surface area contributed by atoms with Crippen LogP contribution in [0.25, 0.3) is 0 Å². The van der Waals surface area contributed by atoms with Crippen LogP contribution in [0.2, 0.25) is 0 Å². The lowest BCUT2D eigenvalue weighted by molar-refractivity contribution is -0.122. The molecule has 0 saturated carbocycles. The molecule has 1 atom stereocenters. The molecule has 0 bridgehead atoms. The lowest BCUT2D eigenvalue weighted by Crippen LogP contribution is -2.30. The first kappa shape index (κ1) is 21.4. The lowest BCUT2D eigenvalue weighted by Gasteiger charge is -2.15. The van der Waals surface area contributed by atoms with Gasteiger partial charge in [0.1, 0.15) is 5.75 Å². The number of amides is 2. The topological polar surface area (TPSA) is 76.7 Å². The minimum Gasteiger partial charge on any atom is -0.481 e. The molecule has 2 rings (SSSR count). The molecule has 0 aliphatic rings. The molecule has 6 nitrogen and oxygen atoms in total. The largest absolute Gasteiger partial charge is 0.481 e. The smallest absolute Gasteiger partial charge is 0.265 e. The van der Waals surface area contributed by atoms with Crippen molar-refractivity contribution in [1.29, 1.82) is 0 Å². The summed E-state index contributed by atoms with van der Waals surface area (Å²) in [5.74, 6) is 0.248. The summed E-state index contributed by atoms with van der Waals surface area (Å²) in [6, 6.07) is 14.4. The van der Waals surface area contributed by atoms with Gasteiger partial charge < -0.3 is 20.1 Å². The maximum absolute atomic E-state index is 12.3. The molecule has 6 heteroatoms. The van der Waals surface area contributed by atoms with Crippen LogP contribution in [0.3, 0.4) is 0 Å². The molecule has 0 heterocycles. The number of hydrogen-bond donors (Lipinski definition) is 2. The summed E-state index contributed by atoms with van der Waals surface area (Å²) in [6.07, 6.45) is 1.07. The van der Waals surface area contributed by atoms with Crippen LogP contribution in [0.5, 0.6) is 5.75 Å². The second-order valence-electron chi connectivity index (χ2n) is 6.43. The van der Waals surface area contributed by atoms with E-state index < -0.39 is 6.10 Å². The number of aryl methyl sites for hydroxylation is 1. The summed E-state index contributed by atoms with van der Waals surface area (Å²) in [4.78, 5) is 24.4. The summed E-state index contributed by atoms with van der Waals surface area (Å²) >= 11 is 0. The fourth-order valence-electron chi connectivity index (χ4n) is 2.53. The zero-order valence-electron chi connectivity index (χ0n) is 16.7. The number of hydrogen-bond acceptors (Lipinski definition) is 4. The fourth-order valence-corrected chi connectivity index (χ4v) is 2.53. The van der Waals surface area contributed by atoms with Crippen LogP contribution >= 0.6 is 0 Å². The summed E-state index contributed by atoms with van der Waals surface area (Å²) in [6.45, 7) is 4.95. The van der Waals surface area contributed by atoms with E-state index in [9.17, 15) is 9.59 Å². The summed E-state index contributed by atoms with van der Waals surface area (Å²) in [5.41, 5.74) is 2.36. The maximum atomic E-state index is 12.3. The van der Waals surface area contributed by atoms with Gasteiger partial charge in [-0.25, -0.2) is 0 Å². The van der Waals surface area contributed by atoms with Gasteiger partial charge in [0.2, 0.25) is 0 Å². The highest BCUT2D eigenvalue weighted by atomic mass is 16.5. The Morgan fingerprint density at radius 3 is 2.32 bits per heavy atom. The van der Waals surface area contributed by atoms with Crippen LogP contribution in [-0.2, 0) is 16.0 Å². The Kier molecular flexibility index (Phi) is 8.49. The zero-order valence-corrected chi connectivity index (χ0v) is 16.7. The Labute approximate surface area is 166 Å². The van der Waals surface area contributed by atoms with Crippen LogP contribution in [0.15, 0.2) is 48.5 Å². The molecule has 2 N–H and O–H groups in total. The van der Waals surface area contributed by atoms with Crippen molar-refractivity contribution in [2.45, 2.75) is 32.8 Å². The molecule has 2 aromatic rings. The van der Waals surface area contributed by atoms with Crippen LogP contribution in [-0.4, -0.2) is 38.2 Å². The molecule has 0 aromatic heterocycles. The summed E-state index contributed by atoms with van der Waals surface area (Å²) in [7, 11) is 1.63. The highest BCUT2D eigenvalue weighted by molar-refractivity contribution is 5.96. The Bertz CT molecular complexity index is 757. The van der Waals surface area contributed by atoms with Crippen molar-refractivity contribution < 1.29 is 19.1 Å². The number of anilines is 1. The first-order chi connectivity index (χ1) is 13.5. The summed E-state index contributed by atoms with van der Waals surface area (Å²) in [5, 5.41) is 5.62. The first-order valence-corrected chi connectivity index (χ1v) is 9.47. The Hall–Kier alpha value is -2.86.